The largest absolute Gasteiger partial charge is 0.433 e. The lowest BCUT2D eigenvalue weighted by Crippen LogP contribution is -2.36. The van der Waals surface area contributed by atoms with Crippen molar-refractivity contribution in [3.63, 3.8) is 0 Å². The van der Waals surface area contributed by atoms with Crippen molar-refractivity contribution in [2.45, 2.75) is 38.3 Å². The van der Waals surface area contributed by atoms with Crippen molar-refractivity contribution in [2.24, 2.45) is 0 Å². The van der Waals surface area contributed by atoms with Crippen LogP contribution in [-0.2, 0) is 12.6 Å². The predicted octanol–water partition coefficient (Wildman–Crippen LogP) is 2.82. The fourth-order valence-electron chi connectivity index (χ4n) is 2.61. The number of rotatable bonds is 3. The van der Waals surface area contributed by atoms with Crippen LogP contribution in [0.5, 0.6) is 0 Å². The van der Waals surface area contributed by atoms with Gasteiger partial charge in [0.1, 0.15) is 5.69 Å². The minimum atomic E-state index is -4.48. The second-order valence-corrected chi connectivity index (χ2v) is 5.42. The van der Waals surface area contributed by atoms with Crippen LogP contribution in [0.1, 0.15) is 43.1 Å². The standard InChI is InChI=1S/C14H16F3N5O/c1-2-11-20-12(21-23-11)9-4-3-7-22(8-9)13-18-6-5-10(19-13)14(15,16)17/h5-6,9H,2-4,7-8H2,1H3/t9-/m1/s1. The van der Waals surface area contributed by atoms with Crippen LogP contribution < -0.4 is 4.90 Å². The lowest BCUT2D eigenvalue weighted by Gasteiger charge is -2.31. The molecule has 23 heavy (non-hydrogen) atoms. The van der Waals surface area contributed by atoms with E-state index in [4.69, 9.17) is 4.52 Å². The molecule has 2 aromatic rings. The van der Waals surface area contributed by atoms with E-state index in [1.54, 1.807) is 4.90 Å². The molecule has 3 heterocycles. The average molecular weight is 327 g/mol. The lowest BCUT2D eigenvalue weighted by molar-refractivity contribution is -0.141. The summed E-state index contributed by atoms with van der Waals surface area (Å²) in [6.07, 6.45) is -1.02. The van der Waals surface area contributed by atoms with Crippen LogP contribution in [-0.4, -0.2) is 33.2 Å². The van der Waals surface area contributed by atoms with E-state index in [9.17, 15) is 13.2 Å². The van der Waals surface area contributed by atoms with E-state index in [0.29, 0.717) is 31.2 Å². The van der Waals surface area contributed by atoms with Crippen molar-refractivity contribution < 1.29 is 17.7 Å². The van der Waals surface area contributed by atoms with E-state index in [2.05, 4.69) is 20.1 Å². The maximum atomic E-state index is 12.8. The Morgan fingerprint density at radius 1 is 1.35 bits per heavy atom. The summed E-state index contributed by atoms with van der Waals surface area (Å²) >= 11 is 0. The molecule has 0 bridgehead atoms. The van der Waals surface area contributed by atoms with Crippen LogP contribution in [0.3, 0.4) is 0 Å². The van der Waals surface area contributed by atoms with Crippen molar-refractivity contribution in [2.75, 3.05) is 18.0 Å². The molecule has 0 amide bonds. The van der Waals surface area contributed by atoms with Gasteiger partial charge in [0.2, 0.25) is 11.8 Å². The van der Waals surface area contributed by atoms with Gasteiger partial charge in [0, 0.05) is 31.6 Å². The number of hydrogen-bond acceptors (Lipinski definition) is 6. The molecule has 1 fully saturated rings. The Labute approximate surface area is 130 Å². The Kier molecular flexibility index (Phi) is 4.18. The van der Waals surface area contributed by atoms with Crippen LogP contribution in [0.15, 0.2) is 16.8 Å². The molecule has 0 aromatic carbocycles. The molecular weight excluding hydrogens is 311 g/mol. The van der Waals surface area contributed by atoms with Crippen LogP contribution >= 0.6 is 0 Å². The molecule has 3 rings (SSSR count). The molecular formula is C14H16F3N5O. The molecule has 1 aliphatic rings. The zero-order valence-electron chi connectivity index (χ0n) is 12.5. The summed E-state index contributed by atoms with van der Waals surface area (Å²) in [6, 6.07) is 0.873. The van der Waals surface area contributed by atoms with Gasteiger partial charge in [0.15, 0.2) is 5.82 Å². The molecule has 1 atom stereocenters. The molecule has 0 radical (unpaired) electrons. The van der Waals surface area contributed by atoms with Gasteiger partial charge in [-0.15, -0.1) is 0 Å². The number of nitrogens with zero attached hydrogens (tertiary/aromatic N) is 5. The van der Waals surface area contributed by atoms with Gasteiger partial charge in [-0.3, -0.25) is 0 Å². The molecule has 2 aromatic heterocycles. The van der Waals surface area contributed by atoms with E-state index in [1.165, 1.54) is 0 Å². The first-order valence-corrected chi connectivity index (χ1v) is 7.45. The molecule has 0 spiro atoms. The number of aromatic nitrogens is 4. The van der Waals surface area contributed by atoms with Gasteiger partial charge in [-0.1, -0.05) is 12.1 Å². The van der Waals surface area contributed by atoms with Gasteiger partial charge >= 0.3 is 6.18 Å². The summed E-state index contributed by atoms with van der Waals surface area (Å²) in [7, 11) is 0. The normalized spacial score (nSPS) is 19.1. The van der Waals surface area contributed by atoms with Crippen molar-refractivity contribution >= 4 is 5.95 Å². The SMILES string of the molecule is CCc1nc([C@@H]2CCCN(c3nccc(C(F)(F)F)n3)C2)no1. The zero-order chi connectivity index (χ0) is 16.4. The van der Waals surface area contributed by atoms with E-state index in [0.717, 1.165) is 25.1 Å². The number of piperidine rings is 1. The second-order valence-electron chi connectivity index (χ2n) is 5.42. The Balaban J connectivity index is 1.78. The molecule has 0 saturated carbocycles. The molecule has 9 heteroatoms. The van der Waals surface area contributed by atoms with Gasteiger partial charge < -0.3 is 9.42 Å². The van der Waals surface area contributed by atoms with Crippen molar-refractivity contribution in [1.29, 1.82) is 0 Å². The van der Waals surface area contributed by atoms with Crippen LogP contribution in [0.4, 0.5) is 19.1 Å². The summed E-state index contributed by atoms with van der Waals surface area (Å²) in [6.45, 7) is 3.00. The van der Waals surface area contributed by atoms with Gasteiger partial charge in [-0.25, -0.2) is 9.97 Å². The average Bonchev–Trinajstić information content (AvgIpc) is 3.03. The Bertz CT molecular complexity index is 672. The third-order valence-electron chi connectivity index (χ3n) is 3.79. The van der Waals surface area contributed by atoms with Crippen molar-refractivity contribution in [3.8, 4) is 0 Å². The number of hydrogen-bond donors (Lipinski definition) is 0. The van der Waals surface area contributed by atoms with Gasteiger partial charge in [0.25, 0.3) is 0 Å². The third kappa shape index (κ3) is 3.43. The highest BCUT2D eigenvalue weighted by molar-refractivity contribution is 5.32. The Hall–Kier alpha value is -2.19. The molecule has 124 valence electrons. The minimum Gasteiger partial charge on any atom is -0.340 e. The quantitative estimate of drug-likeness (QED) is 0.863. The first-order chi connectivity index (χ1) is 11.0. The Morgan fingerprint density at radius 3 is 2.87 bits per heavy atom. The number of aryl methyl sites for hydroxylation is 1. The van der Waals surface area contributed by atoms with E-state index in [1.807, 2.05) is 6.92 Å². The highest BCUT2D eigenvalue weighted by Crippen LogP contribution is 2.30. The van der Waals surface area contributed by atoms with Gasteiger partial charge in [0.05, 0.1) is 0 Å². The van der Waals surface area contributed by atoms with E-state index < -0.39 is 11.9 Å². The van der Waals surface area contributed by atoms with Gasteiger partial charge in [-0.2, -0.15) is 18.2 Å². The number of anilines is 1. The summed E-state index contributed by atoms with van der Waals surface area (Å²) in [4.78, 5) is 13.7. The Morgan fingerprint density at radius 2 is 2.17 bits per heavy atom. The summed E-state index contributed by atoms with van der Waals surface area (Å²) in [5.74, 6) is 1.25. The number of halogens is 3. The molecule has 1 saturated heterocycles. The summed E-state index contributed by atoms with van der Waals surface area (Å²) in [5.41, 5.74) is -0.933. The third-order valence-corrected chi connectivity index (χ3v) is 3.79. The molecule has 6 nitrogen and oxygen atoms in total. The van der Waals surface area contributed by atoms with Crippen LogP contribution in [0.2, 0.25) is 0 Å². The first kappa shape index (κ1) is 15.7. The fraction of sp³-hybridized carbons (Fsp3) is 0.571. The van der Waals surface area contributed by atoms with E-state index >= 15 is 0 Å². The predicted molar refractivity (Wildman–Crippen MR) is 74.9 cm³/mol. The highest BCUT2D eigenvalue weighted by Gasteiger charge is 2.34. The lowest BCUT2D eigenvalue weighted by atomic mass is 9.97. The topological polar surface area (TPSA) is 67.9 Å². The first-order valence-electron chi connectivity index (χ1n) is 7.45. The molecule has 0 N–H and O–H groups in total. The monoisotopic (exact) mass is 327 g/mol. The maximum absolute atomic E-state index is 12.8. The second kappa shape index (κ2) is 6.13. The summed E-state index contributed by atoms with van der Waals surface area (Å²) in [5, 5.41) is 3.96. The number of alkyl halides is 3. The minimum absolute atomic E-state index is 0.00550. The van der Waals surface area contributed by atoms with Crippen molar-refractivity contribution in [3.05, 3.63) is 29.7 Å². The maximum Gasteiger partial charge on any atom is 0.433 e. The van der Waals surface area contributed by atoms with E-state index in [-0.39, 0.29) is 11.9 Å². The molecule has 0 aliphatic carbocycles. The fourth-order valence-corrected chi connectivity index (χ4v) is 2.61. The smallest absolute Gasteiger partial charge is 0.340 e. The van der Waals surface area contributed by atoms with Crippen LogP contribution in [0.25, 0.3) is 0 Å². The zero-order valence-corrected chi connectivity index (χ0v) is 12.5. The summed E-state index contributed by atoms with van der Waals surface area (Å²) < 4.78 is 43.4. The highest BCUT2D eigenvalue weighted by atomic mass is 19.4. The van der Waals surface area contributed by atoms with Gasteiger partial charge in [-0.05, 0) is 18.9 Å². The molecule has 1 aliphatic heterocycles. The molecule has 0 unspecified atom stereocenters. The van der Waals surface area contributed by atoms with Crippen molar-refractivity contribution in [1.82, 2.24) is 20.1 Å². The van der Waals surface area contributed by atoms with Crippen LogP contribution in [0, 0.1) is 0 Å².